The van der Waals surface area contributed by atoms with E-state index >= 15 is 0 Å². The van der Waals surface area contributed by atoms with Gasteiger partial charge in [-0.25, -0.2) is 0 Å². The summed E-state index contributed by atoms with van der Waals surface area (Å²) in [4.78, 5) is 14.5. The molecule has 0 saturated carbocycles. The fourth-order valence-electron chi connectivity index (χ4n) is 1.06. The molecule has 3 N–H and O–H groups in total. The van der Waals surface area contributed by atoms with Gasteiger partial charge in [0.1, 0.15) is 5.75 Å². The molecule has 0 saturated heterocycles. The molecular weight excluding hydrogens is 194 g/mol. The van der Waals surface area contributed by atoms with Gasteiger partial charge in [0.05, 0.1) is 11.9 Å². The third-order valence-electron chi connectivity index (χ3n) is 1.79. The number of hydrogen-bond acceptors (Lipinski definition) is 4. The zero-order valence-corrected chi connectivity index (χ0v) is 8.66. The second-order valence-corrected chi connectivity index (χ2v) is 3.17. The summed E-state index contributed by atoms with van der Waals surface area (Å²) in [6, 6.07) is 3.35. The summed E-state index contributed by atoms with van der Waals surface area (Å²) in [5, 5.41) is 14.8. The molecule has 0 aromatic carbocycles. The molecule has 0 fully saturated rings. The van der Waals surface area contributed by atoms with Gasteiger partial charge >= 0.3 is 0 Å². The third kappa shape index (κ3) is 4.97. The van der Waals surface area contributed by atoms with E-state index in [9.17, 15) is 4.79 Å². The fourth-order valence-corrected chi connectivity index (χ4v) is 1.06. The van der Waals surface area contributed by atoms with Gasteiger partial charge in [0.15, 0.2) is 0 Å². The third-order valence-corrected chi connectivity index (χ3v) is 1.79. The van der Waals surface area contributed by atoms with Crippen molar-refractivity contribution in [2.24, 2.45) is 0 Å². The number of nitrogens with one attached hydrogen (secondary N) is 2. The maximum atomic E-state index is 10.5. The zero-order valence-electron chi connectivity index (χ0n) is 8.66. The van der Waals surface area contributed by atoms with Gasteiger partial charge in [-0.15, -0.1) is 0 Å². The minimum Gasteiger partial charge on any atom is -0.506 e. The molecule has 0 bridgehead atoms. The Morgan fingerprint density at radius 3 is 2.87 bits per heavy atom. The maximum absolute atomic E-state index is 10.5. The van der Waals surface area contributed by atoms with Crippen molar-refractivity contribution in [2.45, 2.75) is 13.5 Å². The Morgan fingerprint density at radius 1 is 1.47 bits per heavy atom. The van der Waals surface area contributed by atoms with Crippen LogP contribution >= 0.6 is 0 Å². The summed E-state index contributed by atoms with van der Waals surface area (Å²) in [6.07, 6.45) is 1.41. The van der Waals surface area contributed by atoms with Crippen LogP contribution in [0.3, 0.4) is 0 Å². The molecule has 1 heterocycles. The van der Waals surface area contributed by atoms with Crippen LogP contribution in [0, 0.1) is 0 Å². The molecule has 0 aliphatic rings. The molecule has 0 spiro atoms. The van der Waals surface area contributed by atoms with Gasteiger partial charge < -0.3 is 15.7 Å². The smallest absolute Gasteiger partial charge is 0.216 e. The first kappa shape index (κ1) is 11.5. The van der Waals surface area contributed by atoms with Crippen LogP contribution in [0.25, 0.3) is 0 Å². The molecule has 0 atom stereocenters. The minimum atomic E-state index is -0.0282. The normalized spacial score (nSPS) is 9.93. The number of rotatable bonds is 5. The van der Waals surface area contributed by atoms with Crippen LogP contribution in [0.4, 0.5) is 0 Å². The molecule has 15 heavy (non-hydrogen) atoms. The average Bonchev–Trinajstić information content (AvgIpc) is 2.20. The molecule has 82 valence electrons. The Hall–Kier alpha value is -1.62. The number of carbonyl (C=O) groups excluding carboxylic acids is 1. The minimum absolute atomic E-state index is 0.0282. The molecule has 1 aromatic rings. The second-order valence-electron chi connectivity index (χ2n) is 3.17. The lowest BCUT2D eigenvalue weighted by Gasteiger charge is -2.04. The molecule has 1 amide bonds. The van der Waals surface area contributed by atoms with Crippen LogP contribution in [0.15, 0.2) is 18.3 Å². The molecule has 0 aliphatic heterocycles. The summed E-state index contributed by atoms with van der Waals surface area (Å²) in [6.45, 7) is 3.41. The lowest BCUT2D eigenvalue weighted by Crippen LogP contribution is -2.30. The standard InChI is InChI=1S/C10H15N3O2/c1-8(14)12-5-4-11-6-9-2-3-10(15)7-13-9/h2-3,7,11,15H,4-6H2,1H3,(H,12,14). The van der Waals surface area contributed by atoms with E-state index in [0.717, 1.165) is 5.69 Å². The SMILES string of the molecule is CC(=O)NCCNCc1ccc(O)cn1. The quantitative estimate of drug-likeness (QED) is 0.597. The van der Waals surface area contributed by atoms with Gasteiger partial charge in [0.25, 0.3) is 0 Å². The van der Waals surface area contributed by atoms with E-state index in [-0.39, 0.29) is 11.7 Å². The Morgan fingerprint density at radius 2 is 2.27 bits per heavy atom. The molecule has 5 heteroatoms. The highest BCUT2D eigenvalue weighted by Gasteiger charge is 1.94. The fraction of sp³-hybridized carbons (Fsp3) is 0.400. The van der Waals surface area contributed by atoms with Crippen LogP contribution in [0.2, 0.25) is 0 Å². The molecule has 1 aromatic heterocycles. The first-order valence-electron chi connectivity index (χ1n) is 4.77. The molecule has 1 rings (SSSR count). The number of amides is 1. The van der Waals surface area contributed by atoms with Crippen molar-refractivity contribution in [3.05, 3.63) is 24.0 Å². The van der Waals surface area contributed by atoms with Gasteiger partial charge in [0, 0.05) is 26.6 Å². The number of aromatic hydroxyl groups is 1. The first-order chi connectivity index (χ1) is 7.18. The van der Waals surface area contributed by atoms with Gasteiger partial charge in [-0.3, -0.25) is 9.78 Å². The predicted octanol–water partition coefficient (Wildman–Crippen LogP) is 0.0129. The Labute approximate surface area is 88.5 Å². The maximum Gasteiger partial charge on any atom is 0.216 e. The van der Waals surface area contributed by atoms with E-state index in [1.807, 2.05) is 0 Å². The number of aromatic nitrogens is 1. The van der Waals surface area contributed by atoms with Crippen LogP contribution in [0.1, 0.15) is 12.6 Å². The van der Waals surface area contributed by atoms with Crippen molar-refractivity contribution >= 4 is 5.91 Å². The van der Waals surface area contributed by atoms with Crippen LogP contribution in [0.5, 0.6) is 5.75 Å². The Bertz CT molecular complexity index is 311. The summed E-state index contributed by atoms with van der Waals surface area (Å²) in [5.74, 6) is 0.136. The van der Waals surface area contributed by atoms with Crippen molar-refractivity contribution in [3.8, 4) is 5.75 Å². The van der Waals surface area contributed by atoms with Crippen LogP contribution < -0.4 is 10.6 Å². The van der Waals surface area contributed by atoms with Crippen molar-refractivity contribution in [2.75, 3.05) is 13.1 Å². The number of hydrogen-bond donors (Lipinski definition) is 3. The highest BCUT2D eigenvalue weighted by molar-refractivity contribution is 5.72. The van der Waals surface area contributed by atoms with Crippen molar-refractivity contribution in [1.29, 1.82) is 0 Å². The summed E-state index contributed by atoms with van der Waals surface area (Å²) >= 11 is 0. The molecule has 0 unspecified atom stereocenters. The monoisotopic (exact) mass is 209 g/mol. The van der Waals surface area contributed by atoms with Gasteiger partial charge in [0.2, 0.25) is 5.91 Å². The van der Waals surface area contributed by atoms with Gasteiger partial charge in [-0.05, 0) is 12.1 Å². The largest absolute Gasteiger partial charge is 0.506 e. The molecule has 5 nitrogen and oxygen atoms in total. The average molecular weight is 209 g/mol. The van der Waals surface area contributed by atoms with Crippen LogP contribution in [-0.2, 0) is 11.3 Å². The van der Waals surface area contributed by atoms with E-state index in [1.54, 1.807) is 12.1 Å². The van der Waals surface area contributed by atoms with E-state index in [1.165, 1.54) is 13.1 Å². The number of pyridine rings is 1. The molecule has 0 aliphatic carbocycles. The Balaban J connectivity index is 2.15. The van der Waals surface area contributed by atoms with Crippen LogP contribution in [-0.4, -0.2) is 29.1 Å². The van der Waals surface area contributed by atoms with Crippen molar-refractivity contribution < 1.29 is 9.90 Å². The lowest BCUT2D eigenvalue weighted by atomic mass is 10.3. The summed E-state index contributed by atoms with van der Waals surface area (Å²) < 4.78 is 0. The zero-order chi connectivity index (χ0) is 11.1. The van der Waals surface area contributed by atoms with E-state index in [0.29, 0.717) is 19.6 Å². The number of nitrogens with zero attached hydrogens (tertiary/aromatic N) is 1. The summed E-state index contributed by atoms with van der Waals surface area (Å²) in [7, 11) is 0. The highest BCUT2D eigenvalue weighted by atomic mass is 16.3. The van der Waals surface area contributed by atoms with E-state index in [2.05, 4.69) is 15.6 Å². The summed E-state index contributed by atoms with van der Waals surface area (Å²) in [5.41, 5.74) is 0.857. The molecule has 0 radical (unpaired) electrons. The number of carbonyl (C=O) groups is 1. The topological polar surface area (TPSA) is 74.2 Å². The van der Waals surface area contributed by atoms with Crippen molar-refractivity contribution in [1.82, 2.24) is 15.6 Å². The predicted molar refractivity (Wildman–Crippen MR) is 56.3 cm³/mol. The highest BCUT2D eigenvalue weighted by Crippen LogP contribution is 2.05. The van der Waals surface area contributed by atoms with E-state index < -0.39 is 0 Å². The van der Waals surface area contributed by atoms with Gasteiger partial charge in [-0.1, -0.05) is 0 Å². The van der Waals surface area contributed by atoms with E-state index in [4.69, 9.17) is 5.11 Å². The van der Waals surface area contributed by atoms with Crippen molar-refractivity contribution in [3.63, 3.8) is 0 Å². The van der Waals surface area contributed by atoms with Gasteiger partial charge in [-0.2, -0.15) is 0 Å². The second kappa shape index (κ2) is 5.98. The first-order valence-corrected chi connectivity index (χ1v) is 4.77. The Kier molecular flexibility index (Phi) is 4.56. The lowest BCUT2D eigenvalue weighted by molar-refractivity contribution is -0.118. The molecular formula is C10H15N3O2.